The van der Waals surface area contributed by atoms with Gasteiger partial charge in [-0.15, -0.1) is 0 Å². The van der Waals surface area contributed by atoms with Gasteiger partial charge in [0.05, 0.1) is 0 Å². The zero-order chi connectivity index (χ0) is 12.6. The van der Waals surface area contributed by atoms with E-state index >= 15 is 0 Å². The smallest absolute Gasteiger partial charge is 0.00890 e. The summed E-state index contributed by atoms with van der Waals surface area (Å²) in [5.41, 5.74) is 0. The number of rotatable bonds is 9. The van der Waals surface area contributed by atoms with Gasteiger partial charge in [-0.25, -0.2) is 0 Å². The third kappa shape index (κ3) is 6.49. The van der Waals surface area contributed by atoms with E-state index in [0.29, 0.717) is 0 Å². The van der Waals surface area contributed by atoms with Crippen molar-refractivity contribution >= 4 is 0 Å². The largest absolute Gasteiger partial charge is 0.306 e. The average Bonchev–Trinajstić information content (AvgIpc) is 2.21. The van der Waals surface area contributed by atoms with E-state index < -0.39 is 0 Å². The van der Waals surface area contributed by atoms with Crippen LogP contribution in [-0.4, -0.2) is 50.1 Å². The predicted octanol–water partition coefficient (Wildman–Crippen LogP) is 3.23. The highest BCUT2D eigenvalue weighted by molar-refractivity contribution is 4.69. The second-order valence-electron chi connectivity index (χ2n) is 5.36. The van der Waals surface area contributed by atoms with Crippen molar-refractivity contribution in [2.24, 2.45) is 0 Å². The molecule has 0 aromatic rings. The maximum absolute atomic E-state index is 2.39. The molecule has 0 aliphatic carbocycles. The van der Waals surface area contributed by atoms with Crippen molar-refractivity contribution in [3.63, 3.8) is 0 Å². The van der Waals surface area contributed by atoms with Gasteiger partial charge in [0.2, 0.25) is 0 Å². The first-order valence-electron chi connectivity index (χ1n) is 6.85. The molecule has 0 bridgehead atoms. The SMILES string of the molecule is CCCC(CCCC(CC)N(C)C)N(C)C. The molecule has 0 heterocycles. The third-order valence-electron chi connectivity index (χ3n) is 3.63. The molecule has 2 unspecified atom stereocenters. The number of hydrogen-bond acceptors (Lipinski definition) is 2. The Kier molecular flexibility index (Phi) is 8.96. The molecule has 0 amide bonds. The van der Waals surface area contributed by atoms with Gasteiger partial charge in [0.15, 0.2) is 0 Å². The fourth-order valence-corrected chi connectivity index (χ4v) is 2.41. The van der Waals surface area contributed by atoms with E-state index in [4.69, 9.17) is 0 Å². The Hall–Kier alpha value is -0.0800. The summed E-state index contributed by atoms with van der Waals surface area (Å²) in [4.78, 5) is 4.75. The molecular formula is C14H32N2. The Balaban J connectivity index is 3.83. The van der Waals surface area contributed by atoms with Crippen molar-refractivity contribution in [2.75, 3.05) is 28.2 Å². The first-order chi connectivity index (χ1) is 7.52. The molecule has 0 N–H and O–H groups in total. The van der Waals surface area contributed by atoms with Gasteiger partial charge >= 0.3 is 0 Å². The van der Waals surface area contributed by atoms with Crippen LogP contribution in [0.4, 0.5) is 0 Å². The summed E-state index contributed by atoms with van der Waals surface area (Å²) < 4.78 is 0. The maximum Gasteiger partial charge on any atom is 0.00890 e. The summed E-state index contributed by atoms with van der Waals surface area (Å²) in [6.07, 6.45) is 7.97. The summed E-state index contributed by atoms with van der Waals surface area (Å²) >= 11 is 0. The Labute approximate surface area is 103 Å². The van der Waals surface area contributed by atoms with Crippen LogP contribution in [0.3, 0.4) is 0 Å². The highest BCUT2D eigenvalue weighted by Gasteiger charge is 2.12. The van der Waals surface area contributed by atoms with Gasteiger partial charge in [-0.3, -0.25) is 0 Å². The minimum atomic E-state index is 0.768. The van der Waals surface area contributed by atoms with Crippen molar-refractivity contribution < 1.29 is 0 Å². The zero-order valence-corrected chi connectivity index (χ0v) is 12.3. The second kappa shape index (κ2) is 9.00. The van der Waals surface area contributed by atoms with E-state index in [0.717, 1.165) is 12.1 Å². The first kappa shape index (κ1) is 15.9. The molecule has 0 aliphatic heterocycles. The van der Waals surface area contributed by atoms with Crippen LogP contribution in [0.25, 0.3) is 0 Å². The number of hydrogen-bond donors (Lipinski definition) is 0. The average molecular weight is 228 g/mol. The molecule has 0 aliphatic rings. The molecule has 0 rings (SSSR count). The maximum atomic E-state index is 2.39. The zero-order valence-electron chi connectivity index (χ0n) is 12.3. The van der Waals surface area contributed by atoms with Crippen molar-refractivity contribution in [2.45, 2.75) is 64.5 Å². The van der Waals surface area contributed by atoms with Crippen LogP contribution in [0, 0.1) is 0 Å². The minimum Gasteiger partial charge on any atom is -0.306 e. The molecule has 0 aromatic heterocycles. The summed E-state index contributed by atoms with van der Waals surface area (Å²) in [6, 6.07) is 1.55. The standard InChI is InChI=1S/C14H32N2/c1-7-10-14(16(5)6)12-9-11-13(8-2)15(3)4/h13-14H,7-12H2,1-6H3. The summed E-state index contributed by atoms with van der Waals surface area (Å²) in [6.45, 7) is 4.57. The normalized spacial score (nSPS) is 15.8. The Bertz CT molecular complexity index is 155. The van der Waals surface area contributed by atoms with E-state index in [9.17, 15) is 0 Å². The third-order valence-corrected chi connectivity index (χ3v) is 3.63. The molecule has 0 aromatic carbocycles. The van der Waals surface area contributed by atoms with E-state index in [1.54, 1.807) is 0 Å². The topological polar surface area (TPSA) is 6.48 Å². The van der Waals surface area contributed by atoms with Crippen molar-refractivity contribution in [1.29, 1.82) is 0 Å². The first-order valence-corrected chi connectivity index (χ1v) is 6.85. The lowest BCUT2D eigenvalue weighted by atomic mass is 10.00. The molecule has 2 atom stereocenters. The Morgan fingerprint density at radius 3 is 1.62 bits per heavy atom. The van der Waals surface area contributed by atoms with Crippen LogP contribution in [-0.2, 0) is 0 Å². The van der Waals surface area contributed by atoms with E-state index in [1.165, 1.54) is 38.5 Å². The van der Waals surface area contributed by atoms with Crippen LogP contribution in [0.2, 0.25) is 0 Å². The van der Waals surface area contributed by atoms with Crippen LogP contribution in [0.5, 0.6) is 0 Å². The quantitative estimate of drug-likeness (QED) is 0.598. The highest BCUT2D eigenvalue weighted by atomic mass is 15.1. The molecule has 0 saturated carbocycles. The van der Waals surface area contributed by atoms with E-state index in [-0.39, 0.29) is 0 Å². The molecule has 16 heavy (non-hydrogen) atoms. The van der Waals surface area contributed by atoms with Crippen molar-refractivity contribution in [3.8, 4) is 0 Å². The monoisotopic (exact) mass is 228 g/mol. The Morgan fingerprint density at radius 2 is 1.25 bits per heavy atom. The lowest BCUT2D eigenvalue weighted by Crippen LogP contribution is -2.30. The molecule has 98 valence electrons. The van der Waals surface area contributed by atoms with Gasteiger partial charge in [0, 0.05) is 12.1 Å². The summed E-state index contributed by atoms with van der Waals surface area (Å²) in [7, 11) is 8.82. The van der Waals surface area contributed by atoms with Crippen LogP contribution in [0.15, 0.2) is 0 Å². The van der Waals surface area contributed by atoms with Gasteiger partial charge < -0.3 is 9.80 Å². The molecule has 0 radical (unpaired) electrons. The van der Waals surface area contributed by atoms with Crippen molar-refractivity contribution in [3.05, 3.63) is 0 Å². The minimum absolute atomic E-state index is 0.768. The molecule has 2 heteroatoms. The van der Waals surface area contributed by atoms with Gasteiger partial charge in [-0.2, -0.15) is 0 Å². The molecule has 2 nitrogen and oxygen atoms in total. The summed E-state index contributed by atoms with van der Waals surface area (Å²) in [5, 5.41) is 0. The fraction of sp³-hybridized carbons (Fsp3) is 1.00. The summed E-state index contributed by atoms with van der Waals surface area (Å²) in [5.74, 6) is 0. The lowest BCUT2D eigenvalue weighted by Gasteiger charge is -2.26. The molecular weight excluding hydrogens is 196 g/mol. The van der Waals surface area contributed by atoms with Gasteiger partial charge in [-0.05, 0) is 53.9 Å². The van der Waals surface area contributed by atoms with Crippen LogP contribution < -0.4 is 0 Å². The van der Waals surface area contributed by atoms with Gasteiger partial charge in [0.25, 0.3) is 0 Å². The van der Waals surface area contributed by atoms with E-state index in [2.05, 4.69) is 51.8 Å². The predicted molar refractivity (Wildman–Crippen MR) is 74.0 cm³/mol. The van der Waals surface area contributed by atoms with E-state index in [1.807, 2.05) is 0 Å². The van der Waals surface area contributed by atoms with Gasteiger partial charge in [-0.1, -0.05) is 26.7 Å². The second-order valence-corrected chi connectivity index (χ2v) is 5.36. The van der Waals surface area contributed by atoms with Crippen LogP contribution >= 0.6 is 0 Å². The number of nitrogens with zero attached hydrogens (tertiary/aromatic N) is 2. The molecule has 0 saturated heterocycles. The molecule has 0 spiro atoms. The Morgan fingerprint density at radius 1 is 0.750 bits per heavy atom. The van der Waals surface area contributed by atoms with Crippen molar-refractivity contribution in [1.82, 2.24) is 9.80 Å². The lowest BCUT2D eigenvalue weighted by molar-refractivity contribution is 0.230. The van der Waals surface area contributed by atoms with Gasteiger partial charge in [0.1, 0.15) is 0 Å². The molecule has 0 fully saturated rings. The fourth-order valence-electron chi connectivity index (χ4n) is 2.41. The van der Waals surface area contributed by atoms with Crippen LogP contribution in [0.1, 0.15) is 52.4 Å². The highest BCUT2D eigenvalue weighted by Crippen LogP contribution is 2.15.